The average Bonchev–Trinajstić information content (AvgIpc) is 3.04. The summed E-state index contributed by atoms with van der Waals surface area (Å²) >= 11 is 0. The Morgan fingerprint density at radius 2 is 1.78 bits per heavy atom. The second kappa shape index (κ2) is 8.67. The van der Waals surface area contributed by atoms with Crippen molar-refractivity contribution in [3.05, 3.63) is 30.1 Å². The highest BCUT2D eigenvalue weighted by molar-refractivity contribution is 7.89. The number of rotatable bonds is 7. The zero-order valence-electron chi connectivity index (χ0n) is 15.8. The first-order valence-electron chi connectivity index (χ1n) is 9.72. The third-order valence-corrected chi connectivity index (χ3v) is 7.39. The maximum atomic E-state index is 14.0. The number of sulfonamides is 1. The van der Waals surface area contributed by atoms with Crippen molar-refractivity contribution in [2.75, 3.05) is 43.4 Å². The van der Waals surface area contributed by atoms with E-state index in [0.29, 0.717) is 51.3 Å². The van der Waals surface area contributed by atoms with Crippen LogP contribution in [0.15, 0.2) is 24.3 Å². The summed E-state index contributed by atoms with van der Waals surface area (Å²) in [6.45, 7) is 4.44. The van der Waals surface area contributed by atoms with Gasteiger partial charge in [0, 0.05) is 32.7 Å². The summed E-state index contributed by atoms with van der Waals surface area (Å²) in [5.41, 5.74) is 0.321. The molecule has 2 aliphatic rings. The zero-order chi connectivity index (χ0) is 19.4. The first kappa shape index (κ1) is 20.2. The van der Waals surface area contributed by atoms with Gasteiger partial charge in [0.05, 0.1) is 17.5 Å². The van der Waals surface area contributed by atoms with Crippen LogP contribution in [0.2, 0.25) is 0 Å². The molecule has 0 aromatic heterocycles. The summed E-state index contributed by atoms with van der Waals surface area (Å²) in [5, 5.41) is 0. The Balaban J connectivity index is 1.57. The van der Waals surface area contributed by atoms with Gasteiger partial charge in [-0.05, 0) is 25.0 Å². The van der Waals surface area contributed by atoms with Gasteiger partial charge in [-0.2, -0.15) is 4.31 Å². The van der Waals surface area contributed by atoms with Gasteiger partial charge in [-0.1, -0.05) is 31.9 Å². The molecule has 0 N–H and O–H groups in total. The molecule has 0 saturated carbocycles. The summed E-state index contributed by atoms with van der Waals surface area (Å²) in [7, 11) is -3.21. The summed E-state index contributed by atoms with van der Waals surface area (Å²) in [6, 6.07) is 6.02. The normalized spacial score (nSPS) is 22.5. The van der Waals surface area contributed by atoms with Crippen molar-refractivity contribution in [2.45, 2.75) is 38.6 Å². The molecule has 0 aliphatic carbocycles. The molecule has 1 aromatic carbocycles. The molecule has 2 heterocycles. The Hall–Kier alpha value is -1.51. The smallest absolute Gasteiger partial charge is 0.244 e. The van der Waals surface area contributed by atoms with Crippen molar-refractivity contribution in [3.8, 4) is 0 Å². The number of hydrogen-bond acceptors (Lipinski definition) is 4. The predicted octanol–water partition coefficient (Wildman–Crippen LogP) is 2.07. The molecule has 27 heavy (non-hydrogen) atoms. The van der Waals surface area contributed by atoms with Gasteiger partial charge in [-0.15, -0.1) is 0 Å². The lowest BCUT2D eigenvalue weighted by Crippen LogP contribution is -2.54. The quantitative estimate of drug-likeness (QED) is 0.661. The minimum absolute atomic E-state index is 0.0978. The Morgan fingerprint density at radius 3 is 2.44 bits per heavy atom. The Kier molecular flexibility index (Phi) is 6.49. The van der Waals surface area contributed by atoms with Gasteiger partial charge in [-0.25, -0.2) is 12.8 Å². The number of amides is 1. The molecule has 150 valence electrons. The number of para-hydroxylation sites is 1. The zero-order valence-corrected chi connectivity index (χ0v) is 16.6. The summed E-state index contributed by atoms with van der Waals surface area (Å²) in [4.78, 5) is 16.3. The van der Waals surface area contributed by atoms with Gasteiger partial charge in [-0.3, -0.25) is 9.69 Å². The van der Waals surface area contributed by atoms with Crippen LogP contribution in [-0.4, -0.2) is 68.0 Å². The van der Waals surface area contributed by atoms with Gasteiger partial charge in [0.1, 0.15) is 5.82 Å². The van der Waals surface area contributed by atoms with Gasteiger partial charge in [0.15, 0.2) is 0 Å². The third-order valence-electron chi connectivity index (χ3n) is 5.43. The van der Waals surface area contributed by atoms with Crippen molar-refractivity contribution in [1.82, 2.24) is 9.21 Å². The van der Waals surface area contributed by atoms with Gasteiger partial charge in [0.2, 0.25) is 15.9 Å². The maximum absolute atomic E-state index is 14.0. The van der Waals surface area contributed by atoms with E-state index in [-0.39, 0.29) is 17.7 Å². The van der Waals surface area contributed by atoms with Crippen molar-refractivity contribution < 1.29 is 17.6 Å². The van der Waals surface area contributed by atoms with Crippen molar-refractivity contribution in [3.63, 3.8) is 0 Å². The van der Waals surface area contributed by atoms with Crippen molar-refractivity contribution in [1.29, 1.82) is 0 Å². The maximum Gasteiger partial charge on any atom is 0.244 e. The summed E-state index contributed by atoms with van der Waals surface area (Å²) < 4.78 is 40.4. The van der Waals surface area contributed by atoms with E-state index in [4.69, 9.17) is 0 Å². The number of carbonyl (C=O) groups is 1. The molecule has 0 radical (unpaired) electrons. The van der Waals surface area contributed by atoms with Crippen LogP contribution in [0.4, 0.5) is 10.1 Å². The fourth-order valence-electron chi connectivity index (χ4n) is 3.87. The molecule has 2 aliphatic heterocycles. The summed E-state index contributed by atoms with van der Waals surface area (Å²) in [6.07, 6.45) is 3.24. The lowest BCUT2D eigenvalue weighted by molar-refractivity contribution is -0.122. The largest absolute Gasteiger partial charge is 0.308 e. The van der Waals surface area contributed by atoms with Crippen LogP contribution in [0.3, 0.4) is 0 Å². The molecule has 0 spiro atoms. The monoisotopic (exact) mass is 397 g/mol. The van der Waals surface area contributed by atoms with E-state index in [1.165, 1.54) is 11.0 Å². The average molecular weight is 398 g/mol. The van der Waals surface area contributed by atoms with E-state index < -0.39 is 15.8 Å². The van der Waals surface area contributed by atoms with Gasteiger partial charge in [0.25, 0.3) is 0 Å². The van der Waals surface area contributed by atoms with E-state index in [1.54, 1.807) is 22.5 Å². The van der Waals surface area contributed by atoms with Crippen LogP contribution in [0.1, 0.15) is 32.6 Å². The molecule has 6 nitrogen and oxygen atoms in total. The number of anilines is 1. The second-order valence-corrected chi connectivity index (χ2v) is 9.29. The van der Waals surface area contributed by atoms with Crippen LogP contribution >= 0.6 is 0 Å². The van der Waals surface area contributed by atoms with E-state index >= 15 is 0 Å². The van der Waals surface area contributed by atoms with Crippen LogP contribution in [0.5, 0.6) is 0 Å². The highest BCUT2D eigenvalue weighted by Crippen LogP contribution is 2.27. The van der Waals surface area contributed by atoms with Crippen LogP contribution < -0.4 is 4.90 Å². The third kappa shape index (κ3) is 4.50. The Bertz CT molecular complexity index is 763. The first-order chi connectivity index (χ1) is 12.9. The Morgan fingerprint density at radius 1 is 1.07 bits per heavy atom. The fourth-order valence-corrected chi connectivity index (χ4v) is 5.42. The van der Waals surface area contributed by atoms with E-state index in [9.17, 15) is 17.6 Å². The molecule has 2 fully saturated rings. The molecule has 1 aromatic rings. The predicted molar refractivity (Wildman–Crippen MR) is 104 cm³/mol. The van der Waals surface area contributed by atoms with E-state index in [1.807, 2.05) is 4.90 Å². The standard InChI is InChI=1S/C19H28FN3O3S/c1-2-3-6-15-27(25,26)22-13-11-21(12-14-22)18-9-10-23(19(18)24)17-8-5-4-7-16(17)20/h4-5,7-8,18H,2-3,6,9-15H2,1H3. The van der Waals surface area contributed by atoms with Gasteiger partial charge >= 0.3 is 0 Å². The number of hydrogen-bond donors (Lipinski definition) is 0. The van der Waals surface area contributed by atoms with Gasteiger partial charge < -0.3 is 4.90 Å². The molecule has 2 saturated heterocycles. The number of nitrogens with zero attached hydrogens (tertiary/aromatic N) is 3. The highest BCUT2D eigenvalue weighted by atomic mass is 32.2. The summed E-state index contributed by atoms with van der Waals surface area (Å²) in [5.74, 6) is -0.293. The molecule has 1 unspecified atom stereocenters. The fraction of sp³-hybridized carbons (Fsp3) is 0.632. The van der Waals surface area contributed by atoms with Crippen LogP contribution in [0, 0.1) is 5.82 Å². The number of unbranched alkanes of at least 4 members (excludes halogenated alkanes) is 2. The molecule has 8 heteroatoms. The first-order valence-corrected chi connectivity index (χ1v) is 11.3. The molecular formula is C19H28FN3O3S. The lowest BCUT2D eigenvalue weighted by atomic mass is 10.2. The minimum Gasteiger partial charge on any atom is -0.308 e. The van der Waals surface area contributed by atoms with Crippen molar-refractivity contribution >= 4 is 21.6 Å². The Labute approximate surface area is 161 Å². The molecular weight excluding hydrogens is 369 g/mol. The van der Waals surface area contributed by atoms with Crippen molar-refractivity contribution in [2.24, 2.45) is 0 Å². The minimum atomic E-state index is -3.21. The van der Waals surface area contributed by atoms with E-state index in [2.05, 4.69) is 6.92 Å². The molecule has 1 atom stereocenters. The van der Waals surface area contributed by atoms with E-state index in [0.717, 1.165) is 12.8 Å². The number of carbonyl (C=O) groups excluding carboxylic acids is 1. The lowest BCUT2D eigenvalue weighted by Gasteiger charge is -2.36. The topological polar surface area (TPSA) is 60.9 Å². The number of halogens is 1. The highest BCUT2D eigenvalue weighted by Gasteiger charge is 2.39. The molecule has 1 amide bonds. The van der Waals surface area contributed by atoms with Crippen LogP contribution in [0.25, 0.3) is 0 Å². The van der Waals surface area contributed by atoms with Crippen LogP contribution in [-0.2, 0) is 14.8 Å². The number of benzene rings is 1. The number of piperazine rings is 1. The second-order valence-electron chi connectivity index (χ2n) is 7.20. The SMILES string of the molecule is CCCCCS(=O)(=O)N1CCN(C2CCN(c3ccccc3F)C2=O)CC1. The molecule has 3 rings (SSSR count). The molecule has 0 bridgehead atoms.